The minimum Gasteiger partial charge on any atom is -0.374 e. The molecule has 9 nitrogen and oxygen atoms in total. The molecule has 0 spiro atoms. The molecule has 0 aliphatic carbocycles. The SMILES string of the molecule is C=CCCCO[C@@H]1O[C@H](COCc2ccccc2)[C@@H](OCc2ccccc2)[C@@H]1O[C@@H]1O[C@H](COCc2ccccc2)[C@@H](OCc2ccccc2)[C@@H]1OCc1ccccc1. The molecule has 2 saturated heterocycles. The first-order chi connectivity index (χ1) is 29.2. The first kappa shape index (κ1) is 42.6. The van der Waals surface area contributed by atoms with E-state index in [4.69, 9.17) is 42.6 Å². The van der Waals surface area contributed by atoms with Gasteiger partial charge < -0.3 is 42.6 Å². The number of benzene rings is 5. The van der Waals surface area contributed by atoms with Crippen molar-refractivity contribution in [3.8, 4) is 0 Å². The average Bonchev–Trinajstić information content (AvgIpc) is 3.79. The third-order valence-electron chi connectivity index (χ3n) is 10.3. The van der Waals surface area contributed by atoms with Crippen LogP contribution in [0.2, 0.25) is 0 Å². The van der Waals surface area contributed by atoms with E-state index in [1.54, 1.807) is 0 Å². The summed E-state index contributed by atoms with van der Waals surface area (Å²) in [4.78, 5) is 0. The summed E-state index contributed by atoms with van der Waals surface area (Å²) in [7, 11) is 0. The lowest BCUT2D eigenvalue weighted by Gasteiger charge is -2.30. The van der Waals surface area contributed by atoms with Crippen molar-refractivity contribution in [2.75, 3.05) is 19.8 Å². The van der Waals surface area contributed by atoms with Crippen molar-refractivity contribution >= 4 is 0 Å². The summed E-state index contributed by atoms with van der Waals surface area (Å²) in [6, 6.07) is 50.4. The van der Waals surface area contributed by atoms with Crippen molar-refractivity contribution < 1.29 is 42.6 Å². The molecular weight excluding hydrogens is 745 g/mol. The molecule has 9 heteroatoms. The van der Waals surface area contributed by atoms with Gasteiger partial charge in [0.25, 0.3) is 0 Å². The van der Waals surface area contributed by atoms with Gasteiger partial charge in [-0.05, 0) is 40.7 Å². The Morgan fingerprint density at radius 2 is 0.797 bits per heavy atom. The van der Waals surface area contributed by atoms with Gasteiger partial charge in [-0.2, -0.15) is 0 Å². The quantitative estimate of drug-likeness (QED) is 0.0449. The van der Waals surface area contributed by atoms with E-state index in [2.05, 4.69) is 6.58 Å². The molecule has 59 heavy (non-hydrogen) atoms. The third kappa shape index (κ3) is 13.0. The second-order valence-corrected chi connectivity index (χ2v) is 14.8. The van der Waals surface area contributed by atoms with Gasteiger partial charge in [-0.25, -0.2) is 0 Å². The fourth-order valence-electron chi connectivity index (χ4n) is 7.23. The van der Waals surface area contributed by atoms with Crippen LogP contribution >= 0.6 is 0 Å². The number of unbranched alkanes of at least 4 members (excludes halogenated alkanes) is 1. The van der Waals surface area contributed by atoms with Crippen molar-refractivity contribution in [3.63, 3.8) is 0 Å². The second kappa shape index (κ2) is 23.3. The summed E-state index contributed by atoms with van der Waals surface area (Å²) in [6.45, 7) is 6.71. The normalized spacial score (nSPS) is 24.0. The van der Waals surface area contributed by atoms with E-state index in [0.717, 1.165) is 40.7 Å². The summed E-state index contributed by atoms with van der Waals surface area (Å²) in [6.07, 6.45) is -1.68. The van der Waals surface area contributed by atoms with Crippen LogP contribution in [0.4, 0.5) is 0 Å². The molecule has 5 aromatic rings. The highest BCUT2D eigenvalue weighted by Gasteiger charge is 2.53. The van der Waals surface area contributed by atoms with Gasteiger partial charge in [0.1, 0.15) is 36.6 Å². The Morgan fingerprint density at radius 3 is 1.22 bits per heavy atom. The maximum Gasteiger partial charge on any atom is 0.187 e. The Labute approximate surface area is 348 Å². The van der Waals surface area contributed by atoms with Crippen molar-refractivity contribution in [2.24, 2.45) is 0 Å². The van der Waals surface area contributed by atoms with Crippen LogP contribution in [0.25, 0.3) is 0 Å². The van der Waals surface area contributed by atoms with Gasteiger partial charge in [-0.15, -0.1) is 6.58 Å². The lowest BCUT2D eigenvalue weighted by molar-refractivity contribution is -0.255. The number of rotatable bonds is 24. The highest BCUT2D eigenvalue weighted by molar-refractivity contribution is 5.17. The summed E-state index contributed by atoms with van der Waals surface area (Å²) >= 11 is 0. The van der Waals surface area contributed by atoms with Crippen LogP contribution in [0.3, 0.4) is 0 Å². The topological polar surface area (TPSA) is 83.1 Å². The molecule has 0 saturated carbocycles. The molecule has 0 amide bonds. The summed E-state index contributed by atoms with van der Waals surface area (Å²) in [5.41, 5.74) is 5.21. The first-order valence-corrected chi connectivity index (χ1v) is 20.6. The van der Waals surface area contributed by atoms with E-state index in [9.17, 15) is 0 Å². The van der Waals surface area contributed by atoms with E-state index in [1.807, 2.05) is 158 Å². The highest BCUT2D eigenvalue weighted by atomic mass is 16.8. The fourth-order valence-corrected chi connectivity index (χ4v) is 7.23. The molecule has 5 aromatic carbocycles. The molecule has 0 aromatic heterocycles. The lowest BCUT2D eigenvalue weighted by Crippen LogP contribution is -2.46. The lowest BCUT2D eigenvalue weighted by atomic mass is 10.1. The van der Waals surface area contributed by atoms with Crippen LogP contribution in [-0.4, -0.2) is 69.0 Å². The number of hydrogen-bond acceptors (Lipinski definition) is 9. The number of hydrogen-bond donors (Lipinski definition) is 0. The van der Waals surface area contributed by atoms with Crippen LogP contribution < -0.4 is 0 Å². The monoisotopic (exact) mass is 800 g/mol. The summed E-state index contributed by atoms with van der Waals surface area (Å²) in [5.74, 6) is 0. The predicted octanol–water partition coefficient (Wildman–Crippen LogP) is 8.99. The molecule has 310 valence electrons. The average molecular weight is 801 g/mol. The van der Waals surface area contributed by atoms with E-state index in [-0.39, 0.29) is 13.2 Å². The Bertz CT molecular complexity index is 1880. The second-order valence-electron chi connectivity index (χ2n) is 14.8. The van der Waals surface area contributed by atoms with E-state index in [1.165, 1.54) is 0 Å². The minimum atomic E-state index is -0.885. The van der Waals surface area contributed by atoms with Crippen LogP contribution in [0.15, 0.2) is 164 Å². The Morgan fingerprint density at radius 1 is 0.424 bits per heavy atom. The largest absolute Gasteiger partial charge is 0.374 e. The summed E-state index contributed by atoms with van der Waals surface area (Å²) in [5, 5.41) is 0. The van der Waals surface area contributed by atoms with Gasteiger partial charge in [0.2, 0.25) is 0 Å². The highest BCUT2D eigenvalue weighted by Crippen LogP contribution is 2.36. The van der Waals surface area contributed by atoms with Gasteiger partial charge in [-0.3, -0.25) is 0 Å². The van der Waals surface area contributed by atoms with Crippen molar-refractivity contribution in [3.05, 3.63) is 192 Å². The van der Waals surface area contributed by atoms with Crippen LogP contribution in [0, 0.1) is 0 Å². The van der Waals surface area contributed by atoms with Gasteiger partial charge in [-0.1, -0.05) is 158 Å². The van der Waals surface area contributed by atoms with E-state index in [0.29, 0.717) is 39.6 Å². The summed E-state index contributed by atoms with van der Waals surface area (Å²) < 4.78 is 59.9. The number of allylic oxidation sites excluding steroid dienone is 1. The minimum absolute atomic E-state index is 0.256. The fraction of sp³-hybridized carbons (Fsp3) is 0.360. The molecule has 2 aliphatic rings. The zero-order valence-corrected chi connectivity index (χ0v) is 33.6. The van der Waals surface area contributed by atoms with Crippen LogP contribution in [-0.2, 0) is 75.7 Å². The van der Waals surface area contributed by atoms with Crippen molar-refractivity contribution in [1.29, 1.82) is 0 Å². The molecule has 2 fully saturated rings. The van der Waals surface area contributed by atoms with Crippen LogP contribution in [0.5, 0.6) is 0 Å². The molecule has 2 aliphatic heterocycles. The maximum atomic E-state index is 7.08. The van der Waals surface area contributed by atoms with Crippen molar-refractivity contribution in [2.45, 2.75) is 95.1 Å². The molecule has 0 radical (unpaired) electrons. The Hall–Kier alpha value is -4.52. The van der Waals surface area contributed by atoms with Crippen LogP contribution in [0.1, 0.15) is 40.7 Å². The Balaban J connectivity index is 1.16. The maximum absolute atomic E-state index is 7.08. The van der Waals surface area contributed by atoms with Gasteiger partial charge in [0, 0.05) is 0 Å². The third-order valence-corrected chi connectivity index (χ3v) is 10.3. The van der Waals surface area contributed by atoms with Gasteiger partial charge in [0.15, 0.2) is 12.6 Å². The predicted molar refractivity (Wildman–Crippen MR) is 225 cm³/mol. The van der Waals surface area contributed by atoms with Crippen molar-refractivity contribution in [1.82, 2.24) is 0 Å². The zero-order chi connectivity index (χ0) is 40.3. The van der Waals surface area contributed by atoms with Gasteiger partial charge >= 0.3 is 0 Å². The number of ether oxygens (including phenoxy) is 9. The Kier molecular flexibility index (Phi) is 16.8. The standard InChI is InChI=1S/C50H56O9/c1-2-3-19-30-53-49-48(46(55-34-41-26-15-7-16-27-41)44(57-49)37-52-32-39-22-11-5-12-23-39)59-50-47(56-35-42-28-17-8-18-29-42)45(54-33-40-24-13-6-14-25-40)43(58-50)36-51-31-38-20-9-4-10-21-38/h2,4-18,20-29,43-50H,1,3,19,30-37H2/t43-,44-,45-,46-,47+,48+,49-,50+/m1/s1. The zero-order valence-electron chi connectivity index (χ0n) is 33.6. The molecule has 2 heterocycles. The molecular formula is C50H56O9. The van der Waals surface area contributed by atoms with Gasteiger partial charge in [0.05, 0.1) is 52.9 Å². The molecule has 8 atom stereocenters. The molecule has 0 unspecified atom stereocenters. The first-order valence-electron chi connectivity index (χ1n) is 20.6. The molecule has 0 bridgehead atoms. The smallest absolute Gasteiger partial charge is 0.187 e. The van der Waals surface area contributed by atoms with E-state index >= 15 is 0 Å². The van der Waals surface area contributed by atoms with E-state index < -0.39 is 49.2 Å². The molecule has 7 rings (SSSR count). The molecule has 0 N–H and O–H groups in total.